The standard InChI is InChI=1S/C19H27F3N2O/c1-13(2)17(12-24-9-7-19(21,22)8-10-24)23(4)18(25)15-5-6-16(20)14(3)11-15/h5-6,11,13,17H,7-10,12H2,1-4H3. The molecule has 1 aliphatic rings. The topological polar surface area (TPSA) is 23.6 Å². The summed E-state index contributed by atoms with van der Waals surface area (Å²) < 4.78 is 40.1. The van der Waals surface area contributed by atoms with Crippen LogP contribution < -0.4 is 0 Å². The van der Waals surface area contributed by atoms with Crippen molar-refractivity contribution in [2.24, 2.45) is 5.92 Å². The van der Waals surface area contributed by atoms with Gasteiger partial charge in [0.15, 0.2) is 0 Å². The maximum atomic E-state index is 13.4. The molecule has 1 heterocycles. The second-order valence-corrected chi connectivity index (χ2v) is 7.35. The number of halogens is 3. The number of rotatable bonds is 5. The number of hydrogen-bond acceptors (Lipinski definition) is 2. The summed E-state index contributed by atoms with van der Waals surface area (Å²) in [6.07, 6.45) is -0.265. The Kier molecular flexibility index (Phi) is 6.14. The number of amides is 1. The van der Waals surface area contributed by atoms with Crippen LogP contribution in [0.1, 0.15) is 42.6 Å². The van der Waals surface area contributed by atoms with Gasteiger partial charge in [-0.2, -0.15) is 0 Å². The maximum absolute atomic E-state index is 13.4. The molecule has 1 saturated heterocycles. The van der Waals surface area contributed by atoms with Crippen molar-refractivity contribution in [3.05, 3.63) is 35.1 Å². The van der Waals surface area contributed by atoms with Crippen LogP contribution in [0.5, 0.6) is 0 Å². The molecular weight excluding hydrogens is 329 g/mol. The fraction of sp³-hybridized carbons (Fsp3) is 0.632. The highest BCUT2D eigenvalue weighted by Crippen LogP contribution is 2.28. The van der Waals surface area contributed by atoms with E-state index in [9.17, 15) is 18.0 Å². The molecule has 1 unspecified atom stereocenters. The third-order valence-electron chi connectivity index (χ3n) is 5.03. The fourth-order valence-corrected chi connectivity index (χ4v) is 3.24. The number of piperidine rings is 1. The average Bonchev–Trinajstić information content (AvgIpc) is 2.55. The second-order valence-electron chi connectivity index (χ2n) is 7.35. The van der Waals surface area contributed by atoms with Gasteiger partial charge in [-0.1, -0.05) is 13.8 Å². The van der Waals surface area contributed by atoms with E-state index < -0.39 is 5.92 Å². The lowest BCUT2D eigenvalue weighted by molar-refractivity contribution is -0.0590. The molecule has 0 bridgehead atoms. The molecule has 6 heteroatoms. The van der Waals surface area contributed by atoms with Gasteiger partial charge in [0.1, 0.15) is 5.82 Å². The minimum absolute atomic E-state index is 0.0930. The lowest BCUT2D eigenvalue weighted by Gasteiger charge is -2.38. The summed E-state index contributed by atoms with van der Waals surface area (Å²) in [7, 11) is 1.73. The average molecular weight is 356 g/mol. The molecular formula is C19H27F3N2O. The van der Waals surface area contributed by atoms with Gasteiger partial charge < -0.3 is 9.80 Å². The van der Waals surface area contributed by atoms with Crippen LogP contribution in [-0.4, -0.2) is 54.4 Å². The first-order valence-corrected chi connectivity index (χ1v) is 8.74. The predicted molar refractivity (Wildman–Crippen MR) is 92.5 cm³/mol. The molecule has 0 spiro atoms. The van der Waals surface area contributed by atoms with Gasteiger partial charge in [0.25, 0.3) is 11.8 Å². The molecule has 1 aliphatic heterocycles. The molecule has 1 amide bonds. The van der Waals surface area contributed by atoms with Crippen LogP contribution in [0.25, 0.3) is 0 Å². The molecule has 25 heavy (non-hydrogen) atoms. The van der Waals surface area contributed by atoms with Gasteiger partial charge in [-0.3, -0.25) is 4.79 Å². The first-order chi connectivity index (χ1) is 11.6. The van der Waals surface area contributed by atoms with Crippen LogP contribution in [0.4, 0.5) is 13.2 Å². The molecule has 140 valence electrons. The molecule has 0 aliphatic carbocycles. The van der Waals surface area contributed by atoms with Crippen molar-refractivity contribution in [3.8, 4) is 0 Å². The third-order valence-corrected chi connectivity index (χ3v) is 5.03. The van der Waals surface area contributed by atoms with Gasteiger partial charge in [0.05, 0.1) is 0 Å². The summed E-state index contributed by atoms with van der Waals surface area (Å²) in [6, 6.07) is 4.24. The Hall–Kier alpha value is -1.56. The normalized spacial score (nSPS) is 19.0. The minimum atomic E-state index is -2.57. The largest absolute Gasteiger partial charge is 0.337 e. The van der Waals surface area contributed by atoms with Crippen LogP contribution in [0.2, 0.25) is 0 Å². The Bertz CT molecular complexity index is 609. The summed E-state index contributed by atoms with van der Waals surface area (Å²) in [4.78, 5) is 16.4. The lowest BCUT2D eigenvalue weighted by Crippen LogP contribution is -2.50. The number of likely N-dealkylation sites (tertiary alicyclic amines) is 1. The van der Waals surface area contributed by atoms with E-state index in [4.69, 9.17) is 0 Å². The molecule has 0 aromatic heterocycles. The summed E-state index contributed by atoms with van der Waals surface area (Å²) in [5.74, 6) is -2.91. The van der Waals surface area contributed by atoms with E-state index >= 15 is 0 Å². The summed E-state index contributed by atoms with van der Waals surface area (Å²) in [5, 5.41) is 0. The Morgan fingerprint density at radius 3 is 2.40 bits per heavy atom. The number of carbonyl (C=O) groups is 1. The Balaban J connectivity index is 2.08. The van der Waals surface area contributed by atoms with Gasteiger partial charge in [-0.25, -0.2) is 13.2 Å². The number of hydrogen-bond donors (Lipinski definition) is 0. The van der Waals surface area contributed by atoms with Gasteiger partial charge in [0.2, 0.25) is 0 Å². The van der Waals surface area contributed by atoms with Gasteiger partial charge in [-0.15, -0.1) is 0 Å². The zero-order valence-electron chi connectivity index (χ0n) is 15.4. The van der Waals surface area contributed by atoms with Crippen molar-refractivity contribution < 1.29 is 18.0 Å². The zero-order valence-corrected chi connectivity index (χ0v) is 15.4. The van der Waals surface area contributed by atoms with Gasteiger partial charge >= 0.3 is 0 Å². The van der Waals surface area contributed by atoms with Crippen LogP contribution in [0, 0.1) is 18.7 Å². The molecule has 3 nitrogen and oxygen atoms in total. The highest BCUT2D eigenvalue weighted by molar-refractivity contribution is 5.94. The molecule has 1 atom stereocenters. The summed E-state index contributed by atoms with van der Waals surface area (Å²) in [5.41, 5.74) is 0.871. The molecule has 1 aromatic carbocycles. The van der Waals surface area contributed by atoms with Crippen molar-refractivity contribution in [3.63, 3.8) is 0 Å². The molecule has 0 saturated carbocycles. The first kappa shape index (κ1) is 19.8. The number of aryl methyl sites for hydroxylation is 1. The quantitative estimate of drug-likeness (QED) is 0.797. The van der Waals surface area contributed by atoms with Crippen LogP contribution in [-0.2, 0) is 0 Å². The van der Waals surface area contributed by atoms with Crippen LogP contribution in [0.3, 0.4) is 0 Å². The molecule has 0 radical (unpaired) electrons. The Labute approximate surface area is 147 Å². The van der Waals surface area contributed by atoms with E-state index in [0.29, 0.717) is 30.8 Å². The predicted octanol–water partition coefficient (Wildman–Crippen LogP) is 3.96. The fourth-order valence-electron chi connectivity index (χ4n) is 3.24. The van der Waals surface area contributed by atoms with E-state index in [-0.39, 0.29) is 36.5 Å². The third kappa shape index (κ3) is 4.97. The molecule has 1 aromatic rings. The molecule has 1 fully saturated rings. The zero-order chi connectivity index (χ0) is 18.8. The smallest absolute Gasteiger partial charge is 0.253 e. The van der Waals surface area contributed by atoms with E-state index in [0.717, 1.165) is 0 Å². The number of alkyl halides is 2. The van der Waals surface area contributed by atoms with E-state index in [1.165, 1.54) is 12.1 Å². The summed E-state index contributed by atoms with van der Waals surface area (Å²) in [6.45, 7) is 6.91. The minimum Gasteiger partial charge on any atom is -0.337 e. The van der Waals surface area contributed by atoms with Gasteiger partial charge in [-0.05, 0) is 36.6 Å². The highest BCUT2D eigenvalue weighted by Gasteiger charge is 2.35. The van der Waals surface area contributed by atoms with E-state index in [1.54, 1.807) is 24.9 Å². The Morgan fingerprint density at radius 1 is 1.28 bits per heavy atom. The van der Waals surface area contributed by atoms with E-state index in [2.05, 4.69) is 0 Å². The monoisotopic (exact) mass is 356 g/mol. The molecule has 2 rings (SSSR count). The SMILES string of the molecule is Cc1cc(C(=O)N(C)C(CN2CCC(F)(F)CC2)C(C)C)ccc1F. The Morgan fingerprint density at radius 2 is 1.88 bits per heavy atom. The molecule has 0 N–H and O–H groups in total. The number of carbonyl (C=O) groups excluding carboxylic acids is 1. The highest BCUT2D eigenvalue weighted by atomic mass is 19.3. The van der Waals surface area contributed by atoms with Crippen molar-refractivity contribution >= 4 is 5.91 Å². The van der Waals surface area contributed by atoms with Crippen molar-refractivity contribution in [1.82, 2.24) is 9.80 Å². The van der Waals surface area contributed by atoms with Crippen molar-refractivity contribution in [2.45, 2.75) is 45.6 Å². The van der Waals surface area contributed by atoms with Crippen molar-refractivity contribution in [2.75, 3.05) is 26.7 Å². The number of nitrogens with zero attached hydrogens (tertiary/aromatic N) is 2. The maximum Gasteiger partial charge on any atom is 0.253 e. The van der Waals surface area contributed by atoms with Crippen molar-refractivity contribution in [1.29, 1.82) is 0 Å². The van der Waals surface area contributed by atoms with E-state index in [1.807, 2.05) is 18.7 Å². The lowest BCUT2D eigenvalue weighted by atomic mass is 9.99. The van der Waals surface area contributed by atoms with Crippen LogP contribution in [0.15, 0.2) is 18.2 Å². The number of likely N-dealkylation sites (N-methyl/N-ethyl adjacent to an activating group) is 1. The number of benzene rings is 1. The second kappa shape index (κ2) is 7.77. The van der Waals surface area contributed by atoms with Gasteiger partial charge in [0, 0.05) is 51.1 Å². The van der Waals surface area contributed by atoms with Crippen LogP contribution >= 0.6 is 0 Å². The summed E-state index contributed by atoms with van der Waals surface area (Å²) >= 11 is 0. The first-order valence-electron chi connectivity index (χ1n) is 8.74.